The van der Waals surface area contributed by atoms with Gasteiger partial charge in [-0.05, 0) is 19.4 Å². The lowest BCUT2D eigenvalue weighted by Crippen LogP contribution is -2.39. The van der Waals surface area contributed by atoms with Crippen LogP contribution in [-0.4, -0.2) is 35.8 Å². The van der Waals surface area contributed by atoms with Gasteiger partial charge in [0.15, 0.2) is 0 Å². The van der Waals surface area contributed by atoms with Gasteiger partial charge < -0.3 is 4.90 Å². The molecule has 0 atom stereocenters. The van der Waals surface area contributed by atoms with Crippen molar-refractivity contribution in [2.24, 2.45) is 0 Å². The Morgan fingerprint density at radius 1 is 1.35 bits per heavy atom. The molecule has 0 spiro atoms. The van der Waals surface area contributed by atoms with Gasteiger partial charge in [-0.15, -0.1) is 11.8 Å². The maximum absolute atomic E-state index is 12.3. The Kier molecular flexibility index (Phi) is 6.39. The first-order valence-corrected chi connectivity index (χ1v) is 7.45. The van der Waals surface area contributed by atoms with Gasteiger partial charge >= 0.3 is 6.18 Å². The summed E-state index contributed by atoms with van der Waals surface area (Å²) < 4.78 is 36.9. The van der Waals surface area contributed by atoms with Crippen LogP contribution in [0.1, 0.15) is 18.1 Å². The normalized spacial score (nSPS) is 11.4. The number of carbonyl (C=O) groups is 1. The predicted octanol–water partition coefficient (Wildman–Crippen LogP) is 3.64. The molecule has 0 bridgehead atoms. The highest BCUT2D eigenvalue weighted by molar-refractivity contribution is 7.99. The molecule has 0 aromatic heterocycles. The van der Waals surface area contributed by atoms with Gasteiger partial charge in [0.05, 0.1) is 5.75 Å². The van der Waals surface area contributed by atoms with Crippen LogP contribution in [0.25, 0.3) is 0 Å². The highest BCUT2D eigenvalue weighted by Crippen LogP contribution is 2.18. The van der Waals surface area contributed by atoms with Gasteiger partial charge in [0.1, 0.15) is 6.54 Å². The molecular weight excluding hydrogens is 287 g/mol. The summed E-state index contributed by atoms with van der Waals surface area (Å²) >= 11 is 1.33. The number of amides is 1. The molecule has 6 heteroatoms. The smallest absolute Gasteiger partial charge is 0.333 e. The summed E-state index contributed by atoms with van der Waals surface area (Å²) in [6.45, 7) is 2.42. The van der Waals surface area contributed by atoms with Gasteiger partial charge in [0.25, 0.3) is 0 Å². The van der Waals surface area contributed by atoms with Crippen molar-refractivity contribution in [3.63, 3.8) is 0 Å². The van der Waals surface area contributed by atoms with Crippen molar-refractivity contribution in [1.29, 1.82) is 0 Å². The van der Waals surface area contributed by atoms with Crippen LogP contribution in [0.3, 0.4) is 0 Å². The number of rotatable bonds is 6. The van der Waals surface area contributed by atoms with Crippen molar-refractivity contribution >= 4 is 17.7 Å². The highest BCUT2D eigenvalue weighted by atomic mass is 32.2. The zero-order chi connectivity index (χ0) is 15.2. The molecule has 0 saturated heterocycles. The quantitative estimate of drug-likeness (QED) is 0.800. The fourth-order valence-electron chi connectivity index (χ4n) is 1.74. The van der Waals surface area contributed by atoms with E-state index in [0.29, 0.717) is 5.75 Å². The van der Waals surface area contributed by atoms with E-state index in [1.54, 1.807) is 6.92 Å². The van der Waals surface area contributed by atoms with Crippen molar-refractivity contribution in [2.75, 3.05) is 18.8 Å². The second-order valence-corrected chi connectivity index (χ2v) is 5.49. The second-order valence-electron chi connectivity index (χ2n) is 4.50. The number of hydrogen-bond donors (Lipinski definition) is 0. The van der Waals surface area contributed by atoms with Crippen LogP contribution in [-0.2, 0) is 10.5 Å². The van der Waals surface area contributed by atoms with E-state index in [-0.39, 0.29) is 12.3 Å². The maximum atomic E-state index is 12.3. The molecule has 20 heavy (non-hydrogen) atoms. The third-order valence-corrected chi connectivity index (χ3v) is 3.67. The summed E-state index contributed by atoms with van der Waals surface area (Å²) in [5.41, 5.74) is 2.20. The molecule has 0 heterocycles. The number of carbonyl (C=O) groups excluding carboxylic acids is 1. The first kappa shape index (κ1) is 16.9. The summed E-state index contributed by atoms with van der Waals surface area (Å²) in [4.78, 5) is 12.6. The second kappa shape index (κ2) is 7.57. The summed E-state index contributed by atoms with van der Waals surface area (Å²) in [6, 6.07) is 7.85. The Morgan fingerprint density at radius 3 is 2.60 bits per heavy atom. The van der Waals surface area contributed by atoms with Crippen LogP contribution in [0.2, 0.25) is 0 Å². The molecule has 0 radical (unpaired) electrons. The molecule has 0 unspecified atom stereocenters. The molecule has 0 aliphatic rings. The van der Waals surface area contributed by atoms with Crippen LogP contribution < -0.4 is 0 Å². The van der Waals surface area contributed by atoms with Gasteiger partial charge in [0, 0.05) is 12.3 Å². The summed E-state index contributed by atoms with van der Waals surface area (Å²) in [6.07, 6.45) is -4.34. The number of thioether (sulfide) groups is 1. The van der Waals surface area contributed by atoms with E-state index < -0.39 is 18.6 Å². The molecule has 1 aromatic rings. The predicted molar refractivity (Wildman–Crippen MR) is 75.7 cm³/mol. The summed E-state index contributed by atoms with van der Waals surface area (Å²) in [7, 11) is 0. The number of nitrogens with zero attached hydrogens (tertiary/aromatic N) is 1. The number of halogens is 3. The third-order valence-electron chi connectivity index (χ3n) is 2.68. The first-order chi connectivity index (χ1) is 9.31. The van der Waals surface area contributed by atoms with Crippen molar-refractivity contribution in [1.82, 2.24) is 4.90 Å². The van der Waals surface area contributed by atoms with E-state index in [1.165, 1.54) is 11.8 Å². The molecule has 0 fully saturated rings. The lowest BCUT2D eigenvalue weighted by atomic mass is 10.2. The van der Waals surface area contributed by atoms with Crippen molar-refractivity contribution in [3.05, 3.63) is 35.4 Å². The minimum Gasteiger partial charge on any atom is -0.333 e. The van der Waals surface area contributed by atoms with Gasteiger partial charge in [-0.1, -0.05) is 29.8 Å². The molecule has 1 amide bonds. The summed E-state index contributed by atoms with van der Waals surface area (Å²) in [5.74, 6) is 0.219. The average molecular weight is 305 g/mol. The van der Waals surface area contributed by atoms with E-state index in [1.807, 2.05) is 31.2 Å². The van der Waals surface area contributed by atoms with Crippen molar-refractivity contribution in [2.45, 2.75) is 25.8 Å². The Hall–Kier alpha value is -1.17. The Labute approximate surface area is 121 Å². The first-order valence-electron chi connectivity index (χ1n) is 6.29. The SMILES string of the molecule is CCN(CC(F)(F)F)C(=O)CSCc1cccc(C)c1. The van der Waals surface area contributed by atoms with Gasteiger partial charge in [-0.2, -0.15) is 13.2 Å². The third kappa shape index (κ3) is 6.32. The number of benzene rings is 1. The molecular formula is C14H18F3NOS. The Balaban J connectivity index is 2.42. The maximum Gasteiger partial charge on any atom is 0.406 e. The fourth-order valence-corrected chi connectivity index (χ4v) is 2.62. The lowest BCUT2D eigenvalue weighted by Gasteiger charge is -2.22. The average Bonchev–Trinajstić information content (AvgIpc) is 2.34. The number of alkyl halides is 3. The van der Waals surface area contributed by atoms with E-state index in [9.17, 15) is 18.0 Å². The van der Waals surface area contributed by atoms with E-state index in [0.717, 1.165) is 16.0 Å². The minimum absolute atomic E-state index is 0.0673. The largest absolute Gasteiger partial charge is 0.406 e. The van der Waals surface area contributed by atoms with Crippen LogP contribution in [0.5, 0.6) is 0 Å². The molecule has 0 N–H and O–H groups in total. The zero-order valence-electron chi connectivity index (χ0n) is 11.5. The minimum atomic E-state index is -4.34. The molecule has 1 rings (SSSR count). The van der Waals surface area contributed by atoms with Crippen molar-refractivity contribution < 1.29 is 18.0 Å². The zero-order valence-corrected chi connectivity index (χ0v) is 12.4. The van der Waals surface area contributed by atoms with E-state index >= 15 is 0 Å². The topological polar surface area (TPSA) is 20.3 Å². The van der Waals surface area contributed by atoms with E-state index in [4.69, 9.17) is 0 Å². The van der Waals surface area contributed by atoms with Gasteiger partial charge in [-0.3, -0.25) is 4.79 Å². The van der Waals surface area contributed by atoms with Gasteiger partial charge in [-0.25, -0.2) is 0 Å². The lowest BCUT2D eigenvalue weighted by molar-refractivity contribution is -0.159. The summed E-state index contributed by atoms with van der Waals surface area (Å²) in [5, 5.41) is 0. The van der Waals surface area contributed by atoms with Crippen LogP contribution in [0, 0.1) is 6.92 Å². The van der Waals surface area contributed by atoms with Gasteiger partial charge in [0.2, 0.25) is 5.91 Å². The monoisotopic (exact) mass is 305 g/mol. The molecule has 0 saturated carbocycles. The molecule has 1 aromatic carbocycles. The van der Waals surface area contributed by atoms with E-state index in [2.05, 4.69) is 0 Å². The molecule has 0 aliphatic heterocycles. The van der Waals surface area contributed by atoms with Crippen LogP contribution >= 0.6 is 11.8 Å². The molecule has 0 aliphatic carbocycles. The standard InChI is InChI=1S/C14H18F3NOS/c1-3-18(10-14(15,16)17)13(19)9-20-8-12-6-4-5-11(2)7-12/h4-7H,3,8-10H2,1-2H3. The number of aryl methyl sites for hydroxylation is 1. The fraction of sp³-hybridized carbons (Fsp3) is 0.500. The van der Waals surface area contributed by atoms with Crippen LogP contribution in [0.15, 0.2) is 24.3 Å². The number of hydrogen-bond acceptors (Lipinski definition) is 2. The Morgan fingerprint density at radius 2 is 2.05 bits per heavy atom. The van der Waals surface area contributed by atoms with Crippen molar-refractivity contribution in [3.8, 4) is 0 Å². The molecule has 2 nitrogen and oxygen atoms in total. The molecule has 112 valence electrons. The Bertz CT molecular complexity index is 448. The van der Waals surface area contributed by atoms with Crippen LogP contribution in [0.4, 0.5) is 13.2 Å². The highest BCUT2D eigenvalue weighted by Gasteiger charge is 2.32.